The van der Waals surface area contributed by atoms with Gasteiger partial charge in [-0.3, -0.25) is 19.3 Å². The summed E-state index contributed by atoms with van der Waals surface area (Å²) >= 11 is 0. The molecule has 39 heavy (non-hydrogen) atoms. The Morgan fingerprint density at radius 2 is 1.77 bits per heavy atom. The standard InChI is InChI=1S/C29H39N3O7/c1-8-11-28(2,3)30-27(38)21-24(35)22(32(6)7)16-13-14-12-15-17(31(4)5)9-10-18(33)20(15)23(34)19(14)25(36)29(16,39)26(21)37/h9-10,14,16,22,33-34,37,39H,8,11-13H2,1-7H3,(H,30,38)/t14-,16-,22-,29-/m0/s1. The summed E-state index contributed by atoms with van der Waals surface area (Å²) in [4.78, 5) is 44.6. The van der Waals surface area contributed by atoms with Crippen LogP contribution in [0.5, 0.6) is 5.75 Å². The number of amides is 1. The number of hydrogen-bond donors (Lipinski definition) is 5. The normalized spacial score (nSPS) is 26.8. The molecule has 0 heterocycles. The molecule has 10 nitrogen and oxygen atoms in total. The molecule has 0 unspecified atom stereocenters. The molecule has 3 aliphatic rings. The van der Waals surface area contributed by atoms with E-state index in [1.54, 1.807) is 38.9 Å². The molecule has 212 valence electrons. The Kier molecular flexibility index (Phi) is 7.10. The quantitative estimate of drug-likeness (QED) is 0.342. The van der Waals surface area contributed by atoms with Crippen molar-refractivity contribution in [3.05, 3.63) is 40.2 Å². The molecule has 3 aliphatic carbocycles. The van der Waals surface area contributed by atoms with Crippen LogP contribution in [-0.2, 0) is 20.8 Å². The van der Waals surface area contributed by atoms with Crippen molar-refractivity contribution in [3.8, 4) is 5.75 Å². The van der Waals surface area contributed by atoms with Crippen molar-refractivity contribution in [2.75, 3.05) is 33.1 Å². The molecule has 1 fully saturated rings. The van der Waals surface area contributed by atoms with E-state index < -0.39 is 63.6 Å². The number of carbonyl (C=O) groups excluding carboxylic acids is 3. The average Bonchev–Trinajstić information content (AvgIpc) is 2.80. The molecule has 4 rings (SSSR count). The predicted molar refractivity (Wildman–Crippen MR) is 147 cm³/mol. The summed E-state index contributed by atoms with van der Waals surface area (Å²) < 4.78 is 0. The van der Waals surface area contributed by atoms with Crippen LogP contribution in [0.4, 0.5) is 5.69 Å². The summed E-state index contributed by atoms with van der Waals surface area (Å²) in [5, 5.41) is 48.0. The van der Waals surface area contributed by atoms with Gasteiger partial charge in [0.2, 0.25) is 5.78 Å². The second-order valence-corrected chi connectivity index (χ2v) is 12.0. The zero-order valence-corrected chi connectivity index (χ0v) is 23.6. The monoisotopic (exact) mass is 541 g/mol. The first kappa shape index (κ1) is 28.6. The molecule has 0 aromatic heterocycles. The van der Waals surface area contributed by atoms with Crippen LogP contribution >= 0.6 is 0 Å². The molecule has 0 radical (unpaired) electrons. The number of aromatic hydroxyl groups is 1. The fraction of sp³-hybridized carbons (Fsp3) is 0.552. The lowest BCUT2D eigenvalue weighted by Gasteiger charge is -2.50. The van der Waals surface area contributed by atoms with Crippen molar-refractivity contribution in [2.45, 2.75) is 63.6 Å². The minimum Gasteiger partial charge on any atom is -0.508 e. The lowest BCUT2D eigenvalue weighted by molar-refractivity contribution is -0.153. The zero-order chi connectivity index (χ0) is 29.2. The summed E-state index contributed by atoms with van der Waals surface area (Å²) in [6.45, 7) is 5.52. The number of phenols is 1. The molecule has 10 heteroatoms. The molecular weight excluding hydrogens is 502 g/mol. The van der Waals surface area contributed by atoms with Crippen molar-refractivity contribution in [1.82, 2.24) is 10.2 Å². The van der Waals surface area contributed by atoms with E-state index in [4.69, 9.17) is 0 Å². The Morgan fingerprint density at radius 3 is 2.33 bits per heavy atom. The van der Waals surface area contributed by atoms with Gasteiger partial charge in [-0.2, -0.15) is 0 Å². The van der Waals surface area contributed by atoms with Crippen LogP contribution in [0.1, 0.15) is 51.2 Å². The number of ketones is 2. The highest BCUT2D eigenvalue weighted by Crippen LogP contribution is 2.53. The Bertz CT molecular complexity index is 1310. The highest BCUT2D eigenvalue weighted by atomic mass is 16.3. The highest BCUT2D eigenvalue weighted by Gasteiger charge is 2.64. The first-order valence-electron chi connectivity index (χ1n) is 13.3. The van der Waals surface area contributed by atoms with E-state index in [1.165, 1.54) is 6.07 Å². The number of Topliss-reactive ketones (excluding diaryl/α,β-unsaturated/α-hetero) is 2. The molecule has 1 saturated carbocycles. The smallest absolute Gasteiger partial charge is 0.258 e. The number of rotatable bonds is 6. The second kappa shape index (κ2) is 9.67. The van der Waals surface area contributed by atoms with Crippen LogP contribution in [0, 0.1) is 11.8 Å². The van der Waals surface area contributed by atoms with Gasteiger partial charge >= 0.3 is 0 Å². The van der Waals surface area contributed by atoms with E-state index in [1.807, 2.05) is 25.9 Å². The van der Waals surface area contributed by atoms with E-state index in [-0.39, 0.29) is 29.7 Å². The number of nitrogens with one attached hydrogen (secondary N) is 1. The summed E-state index contributed by atoms with van der Waals surface area (Å²) in [6, 6.07) is 2.07. The zero-order valence-electron chi connectivity index (χ0n) is 23.6. The number of aliphatic hydroxyl groups is 3. The summed E-state index contributed by atoms with van der Waals surface area (Å²) in [5.41, 5.74) is -2.61. The van der Waals surface area contributed by atoms with Crippen molar-refractivity contribution in [3.63, 3.8) is 0 Å². The van der Waals surface area contributed by atoms with E-state index in [9.17, 15) is 34.8 Å². The van der Waals surface area contributed by atoms with Crippen LogP contribution < -0.4 is 10.2 Å². The lowest BCUT2D eigenvalue weighted by Crippen LogP contribution is -2.66. The molecule has 1 aromatic rings. The number of aliphatic hydroxyl groups excluding tert-OH is 2. The maximum atomic E-state index is 14.1. The third-order valence-electron chi connectivity index (χ3n) is 8.37. The van der Waals surface area contributed by atoms with Gasteiger partial charge in [0.1, 0.15) is 22.8 Å². The fourth-order valence-electron chi connectivity index (χ4n) is 6.69. The number of likely N-dealkylation sites (N-methyl/N-ethyl adjacent to an activating group) is 1. The van der Waals surface area contributed by atoms with Crippen LogP contribution in [0.15, 0.2) is 29.0 Å². The molecule has 0 aliphatic heterocycles. The third kappa shape index (κ3) is 4.30. The number of hydrogen-bond acceptors (Lipinski definition) is 9. The summed E-state index contributed by atoms with van der Waals surface area (Å²) in [7, 11) is 6.89. The van der Waals surface area contributed by atoms with Gasteiger partial charge in [-0.15, -0.1) is 0 Å². The predicted octanol–water partition coefficient (Wildman–Crippen LogP) is 2.24. The van der Waals surface area contributed by atoms with E-state index in [0.717, 1.165) is 12.1 Å². The molecule has 4 atom stereocenters. The van der Waals surface area contributed by atoms with Crippen molar-refractivity contribution in [2.24, 2.45) is 11.8 Å². The van der Waals surface area contributed by atoms with Gasteiger partial charge in [-0.1, -0.05) is 13.3 Å². The lowest BCUT2D eigenvalue weighted by atomic mass is 9.57. The first-order valence-corrected chi connectivity index (χ1v) is 13.3. The SMILES string of the molecule is CCCC(C)(C)NC(=O)C1=C(O)[C@@]2(O)C(=O)C3=C(O)c4c(O)ccc(N(C)C)c4C[C@H]3C[C@H]2[C@H](N(C)C)C1=O. The maximum Gasteiger partial charge on any atom is 0.258 e. The van der Waals surface area contributed by atoms with Crippen LogP contribution in [0.3, 0.4) is 0 Å². The molecule has 1 aromatic carbocycles. The van der Waals surface area contributed by atoms with Gasteiger partial charge in [-0.25, -0.2) is 0 Å². The summed E-state index contributed by atoms with van der Waals surface area (Å²) in [6.07, 6.45) is 1.71. The Morgan fingerprint density at radius 1 is 1.13 bits per heavy atom. The third-order valence-corrected chi connectivity index (χ3v) is 8.37. The highest BCUT2D eigenvalue weighted by molar-refractivity contribution is 6.25. The minimum absolute atomic E-state index is 0.0818. The van der Waals surface area contributed by atoms with Gasteiger partial charge in [-0.05, 0) is 70.8 Å². The Labute approximate surface area is 228 Å². The number of phenolic OH excluding ortho intramolecular Hbond substituents is 1. The molecule has 0 saturated heterocycles. The van der Waals surface area contributed by atoms with Crippen molar-refractivity contribution in [1.29, 1.82) is 0 Å². The topological polar surface area (TPSA) is 151 Å². The van der Waals surface area contributed by atoms with Crippen LogP contribution in [0.2, 0.25) is 0 Å². The van der Waals surface area contributed by atoms with Gasteiger partial charge in [0.25, 0.3) is 5.91 Å². The minimum atomic E-state index is -2.61. The van der Waals surface area contributed by atoms with Gasteiger partial charge in [0.15, 0.2) is 11.4 Å². The number of carbonyl (C=O) groups is 3. The van der Waals surface area contributed by atoms with Gasteiger partial charge in [0, 0.05) is 36.8 Å². The van der Waals surface area contributed by atoms with E-state index in [0.29, 0.717) is 12.0 Å². The van der Waals surface area contributed by atoms with Crippen LogP contribution in [-0.4, -0.2) is 88.2 Å². The average molecular weight is 542 g/mol. The number of anilines is 1. The molecule has 0 spiro atoms. The number of benzene rings is 1. The maximum absolute atomic E-state index is 14.1. The van der Waals surface area contributed by atoms with E-state index in [2.05, 4.69) is 5.32 Å². The van der Waals surface area contributed by atoms with E-state index >= 15 is 0 Å². The molecule has 1 amide bonds. The summed E-state index contributed by atoms with van der Waals surface area (Å²) in [5.74, 6) is -5.87. The van der Waals surface area contributed by atoms with Crippen LogP contribution in [0.25, 0.3) is 5.76 Å². The fourth-order valence-corrected chi connectivity index (χ4v) is 6.69. The number of fused-ring (bicyclic) bond motifs is 3. The van der Waals surface area contributed by atoms with Crippen molar-refractivity contribution >= 4 is 28.9 Å². The Hall–Kier alpha value is -3.37. The van der Waals surface area contributed by atoms with Gasteiger partial charge < -0.3 is 30.6 Å². The molecule has 0 bridgehead atoms. The second-order valence-electron chi connectivity index (χ2n) is 12.0. The Balaban J connectivity index is 1.92. The molecular formula is C29H39N3O7. The van der Waals surface area contributed by atoms with Crippen molar-refractivity contribution < 1.29 is 34.8 Å². The van der Waals surface area contributed by atoms with Gasteiger partial charge in [0.05, 0.1) is 11.6 Å². The number of nitrogens with zero attached hydrogens (tertiary/aromatic N) is 2. The largest absolute Gasteiger partial charge is 0.508 e. The first-order chi connectivity index (χ1) is 18.1. The molecule has 5 N–H and O–H groups in total.